The number of carbonyl (C=O) groups is 2. The fraction of sp³-hybridized carbons (Fsp3) is 0.892. The number of esters is 2. The van der Waals surface area contributed by atoms with Crippen molar-refractivity contribution in [3.63, 3.8) is 0 Å². The molecule has 42 heavy (non-hydrogen) atoms. The molecule has 0 heterocycles. The second kappa shape index (κ2) is 34.1. The number of hydrogen-bond acceptors (Lipinski definition) is 5. The summed E-state index contributed by atoms with van der Waals surface area (Å²) in [5.74, 6) is -0.419. The second-order valence-corrected chi connectivity index (χ2v) is 12.1. The highest BCUT2D eigenvalue weighted by atomic mass is 16.6. The molecule has 0 saturated carbocycles. The number of unbranched alkanes of at least 4 members (excludes halogenated alkanes) is 20. The predicted molar refractivity (Wildman–Crippen MR) is 178 cm³/mol. The molecule has 5 heteroatoms. The molecule has 0 aromatic carbocycles. The quantitative estimate of drug-likeness (QED) is 0.0429. The lowest BCUT2D eigenvalue weighted by Gasteiger charge is -2.18. The number of rotatable bonds is 33. The first-order chi connectivity index (χ1) is 20.6. The minimum atomic E-state index is -0.522. The zero-order valence-electron chi connectivity index (χ0n) is 28.3. The van der Waals surface area contributed by atoms with E-state index in [4.69, 9.17) is 14.2 Å². The van der Waals surface area contributed by atoms with E-state index in [0.717, 1.165) is 57.8 Å². The molecule has 0 aromatic heterocycles. The first kappa shape index (κ1) is 40.6. The van der Waals surface area contributed by atoms with Crippen molar-refractivity contribution in [2.75, 3.05) is 19.8 Å². The van der Waals surface area contributed by atoms with Crippen LogP contribution in [0, 0.1) is 0 Å². The smallest absolute Gasteiger partial charge is 0.306 e. The van der Waals surface area contributed by atoms with Crippen molar-refractivity contribution in [3.05, 3.63) is 12.2 Å². The number of ether oxygens (including phenoxy) is 3. The van der Waals surface area contributed by atoms with E-state index in [0.29, 0.717) is 19.4 Å². The normalized spacial score (nSPS) is 12.2. The Kier molecular flexibility index (Phi) is 33.0. The van der Waals surface area contributed by atoms with Gasteiger partial charge in [-0.3, -0.25) is 9.59 Å². The minimum Gasteiger partial charge on any atom is -0.462 e. The van der Waals surface area contributed by atoms with E-state index in [1.165, 1.54) is 96.3 Å². The molecule has 0 aliphatic heterocycles. The molecular weight excluding hydrogens is 524 g/mol. The van der Waals surface area contributed by atoms with Crippen molar-refractivity contribution in [3.8, 4) is 0 Å². The van der Waals surface area contributed by atoms with Crippen molar-refractivity contribution in [1.82, 2.24) is 0 Å². The fourth-order valence-electron chi connectivity index (χ4n) is 5.03. The van der Waals surface area contributed by atoms with Crippen molar-refractivity contribution >= 4 is 11.9 Å². The lowest BCUT2D eigenvalue weighted by molar-refractivity contribution is -0.163. The van der Waals surface area contributed by atoms with Gasteiger partial charge in [-0.2, -0.15) is 0 Å². The first-order valence-corrected chi connectivity index (χ1v) is 18.2. The van der Waals surface area contributed by atoms with Gasteiger partial charge in [-0.1, -0.05) is 142 Å². The topological polar surface area (TPSA) is 61.8 Å². The summed E-state index contributed by atoms with van der Waals surface area (Å²) in [5.41, 5.74) is 0. The Morgan fingerprint density at radius 3 is 1.45 bits per heavy atom. The van der Waals surface area contributed by atoms with Crippen molar-refractivity contribution in [2.24, 2.45) is 0 Å². The summed E-state index contributed by atoms with van der Waals surface area (Å²) in [6.45, 7) is 7.70. The Balaban J connectivity index is 4.03. The van der Waals surface area contributed by atoms with Crippen LogP contribution >= 0.6 is 0 Å². The average Bonchev–Trinajstić information content (AvgIpc) is 2.99. The van der Waals surface area contributed by atoms with Gasteiger partial charge in [0.05, 0.1) is 6.61 Å². The van der Waals surface area contributed by atoms with E-state index < -0.39 is 6.10 Å². The van der Waals surface area contributed by atoms with E-state index in [2.05, 4.69) is 32.9 Å². The molecule has 0 spiro atoms. The SMILES string of the molecule is CCCCCCCC/C=C\CCCCCCCC(=O)OCC(COCCCCCCCC)OC(=O)CCCCCCC. The van der Waals surface area contributed by atoms with Crippen LogP contribution in [0.5, 0.6) is 0 Å². The summed E-state index contributed by atoms with van der Waals surface area (Å²) in [6.07, 6.45) is 33.7. The van der Waals surface area contributed by atoms with Gasteiger partial charge in [0, 0.05) is 19.4 Å². The molecule has 0 saturated heterocycles. The maximum Gasteiger partial charge on any atom is 0.306 e. The molecule has 0 bridgehead atoms. The van der Waals surface area contributed by atoms with Gasteiger partial charge in [0.1, 0.15) is 6.61 Å². The van der Waals surface area contributed by atoms with Gasteiger partial charge >= 0.3 is 11.9 Å². The molecule has 0 aliphatic carbocycles. The summed E-state index contributed by atoms with van der Waals surface area (Å²) in [7, 11) is 0. The monoisotopic (exact) mass is 595 g/mol. The van der Waals surface area contributed by atoms with Crippen LogP contribution in [0.4, 0.5) is 0 Å². The molecule has 1 unspecified atom stereocenters. The van der Waals surface area contributed by atoms with E-state index in [1.54, 1.807) is 0 Å². The Morgan fingerprint density at radius 2 is 0.929 bits per heavy atom. The van der Waals surface area contributed by atoms with Gasteiger partial charge in [-0.05, 0) is 44.9 Å². The van der Waals surface area contributed by atoms with Crippen LogP contribution < -0.4 is 0 Å². The minimum absolute atomic E-state index is 0.0853. The summed E-state index contributed by atoms with van der Waals surface area (Å²) in [6, 6.07) is 0. The van der Waals surface area contributed by atoms with E-state index in [-0.39, 0.29) is 25.2 Å². The molecule has 0 aromatic rings. The van der Waals surface area contributed by atoms with Crippen LogP contribution in [0.15, 0.2) is 12.2 Å². The summed E-state index contributed by atoms with van der Waals surface area (Å²) in [5, 5.41) is 0. The standard InChI is InChI=1S/C37H70O5/c1-4-7-10-13-15-16-17-18-19-20-21-22-23-25-27-30-36(38)41-34-35(33-40-32-29-26-14-11-8-5-2)42-37(39)31-28-24-12-9-6-3/h18-19,35H,4-17,20-34H2,1-3H3/b19-18-. The molecule has 248 valence electrons. The Bertz CT molecular complexity index is 603. The van der Waals surface area contributed by atoms with Gasteiger partial charge < -0.3 is 14.2 Å². The molecule has 0 rings (SSSR count). The molecule has 1 atom stereocenters. The molecule has 0 amide bonds. The highest BCUT2D eigenvalue weighted by molar-refractivity contribution is 5.70. The average molecular weight is 595 g/mol. The lowest BCUT2D eigenvalue weighted by atomic mass is 10.1. The number of carbonyl (C=O) groups excluding carboxylic acids is 2. The third-order valence-electron chi connectivity index (χ3n) is 7.80. The van der Waals surface area contributed by atoms with Crippen LogP contribution in [0.2, 0.25) is 0 Å². The van der Waals surface area contributed by atoms with E-state index in [9.17, 15) is 9.59 Å². The third kappa shape index (κ3) is 31.6. The zero-order chi connectivity index (χ0) is 30.8. The van der Waals surface area contributed by atoms with Gasteiger partial charge in [0.2, 0.25) is 0 Å². The molecule has 0 fully saturated rings. The number of hydrogen-bond donors (Lipinski definition) is 0. The van der Waals surface area contributed by atoms with Crippen molar-refractivity contribution < 1.29 is 23.8 Å². The largest absolute Gasteiger partial charge is 0.462 e. The summed E-state index contributed by atoms with van der Waals surface area (Å²) >= 11 is 0. The van der Waals surface area contributed by atoms with Crippen molar-refractivity contribution in [1.29, 1.82) is 0 Å². The van der Waals surface area contributed by atoms with Gasteiger partial charge in [0.15, 0.2) is 6.10 Å². The predicted octanol–water partition coefficient (Wildman–Crippen LogP) is 11.2. The van der Waals surface area contributed by atoms with Crippen molar-refractivity contribution in [2.45, 2.75) is 194 Å². The van der Waals surface area contributed by atoms with Gasteiger partial charge in [-0.25, -0.2) is 0 Å². The third-order valence-corrected chi connectivity index (χ3v) is 7.80. The van der Waals surface area contributed by atoms with Gasteiger partial charge in [-0.15, -0.1) is 0 Å². The lowest BCUT2D eigenvalue weighted by Crippen LogP contribution is -2.30. The Labute approximate surface area is 261 Å². The van der Waals surface area contributed by atoms with Crippen LogP contribution in [0.3, 0.4) is 0 Å². The maximum absolute atomic E-state index is 12.4. The van der Waals surface area contributed by atoms with Crippen LogP contribution in [-0.2, 0) is 23.8 Å². The van der Waals surface area contributed by atoms with E-state index in [1.807, 2.05) is 0 Å². The van der Waals surface area contributed by atoms with Crippen LogP contribution in [0.1, 0.15) is 188 Å². The summed E-state index contributed by atoms with van der Waals surface area (Å²) < 4.78 is 17.0. The zero-order valence-corrected chi connectivity index (χ0v) is 28.3. The van der Waals surface area contributed by atoms with E-state index >= 15 is 0 Å². The van der Waals surface area contributed by atoms with Crippen LogP contribution in [-0.4, -0.2) is 37.9 Å². The number of allylic oxidation sites excluding steroid dienone is 2. The molecular formula is C37H70O5. The van der Waals surface area contributed by atoms with Gasteiger partial charge in [0.25, 0.3) is 0 Å². The fourth-order valence-corrected chi connectivity index (χ4v) is 5.03. The molecule has 0 radical (unpaired) electrons. The first-order valence-electron chi connectivity index (χ1n) is 18.2. The second-order valence-electron chi connectivity index (χ2n) is 12.1. The highest BCUT2D eigenvalue weighted by Gasteiger charge is 2.17. The molecule has 0 N–H and O–H groups in total. The molecule has 5 nitrogen and oxygen atoms in total. The highest BCUT2D eigenvalue weighted by Crippen LogP contribution is 2.12. The maximum atomic E-state index is 12.4. The molecule has 0 aliphatic rings. The Morgan fingerprint density at radius 1 is 0.500 bits per heavy atom. The van der Waals surface area contributed by atoms with Crippen LogP contribution in [0.25, 0.3) is 0 Å². The summed E-state index contributed by atoms with van der Waals surface area (Å²) in [4.78, 5) is 24.7. The Hall–Kier alpha value is -1.36.